The Kier molecular flexibility index (Phi) is 3.65. The Morgan fingerprint density at radius 1 is 1.67 bits per heavy atom. The molecule has 0 radical (unpaired) electrons. The summed E-state index contributed by atoms with van der Waals surface area (Å²) in [6.45, 7) is 1.92. The summed E-state index contributed by atoms with van der Waals surface area (Å²) in [5, 5.41) is 7.86. The largest absolute Gasteiger partial charge is 0.315 e. The zero-order valence-corrected chi connectivity index (χ0v) is 9.87. The predicted molar refractivity (Wildman–Crippen MR) is 62.1 cm³/mol. The average molecular weight is 228 g/mol. The van der Waals surface area contributed by atoms with Crippen molar-refractivity contribution >= 4 is 11.6 Å². The van der Waals surface area contributed by atoms with Crippen LogP contribution in [0.1, 0.15) is 18.4 Å². The topological polar surface area (TPSA) is 29.9 Å². The van der Waals surface area contributed by atoms with E-state index in [4.69, 9.17) is 11.6 Å². The first-order valence-corrected chi connectivity index (χ1v) is 6.01. The lowest BCUT2D eigenvalue weighted by Gasteiger charge is -2.08. The molecule has 0 aliphatic heterocycles. The standard InChI is InChI=1S/C11H18ClN3/c1-15-8-9(6-14-15)4-5-13-7-11(12)10-2-3-10/h6,8,10-11,13H,2-5,7H2,1H3. The third-order valence-corrected chi connectivity index (χ3v) is 3.33. The van der Waals surface area contributed by atoms with Crippen molar-refractivity contribution in [1.29, 1.82) is 0 Å². The van der Waals surface area contributed by atoms with Crippen LogP contribution >= 0.6 is 11.6 Å². The van der Waals surface area contributed by atoms with Gasteiger partial charge in [0.2, 0.25) is 0 Å². The molecule has 84 valence electrons. The van der Waals surface area contributed by atoms with Crippen LogP contribution in [-0.4, -0.2) is 28.2 Å². The highest BCUT2D eigenvalue weighted by molar-refractivity contribution is 6.21. The average Bonchev–Trinajstić information content (AvgIpc) is 2.98. The van der Waals surface area contributed by atoms with E-state index in [9.17, 15) is 0 Å². The fourth-order valence-corrected chi connectivity index (χ4v) is 2.06. The normalized spacial score (nSPS) is 18.0. The second-order valence-corrected chi connectivity index (χ2v) is 4.89. The van der Waals surface area contributed by atoms with Crippen LogP contribution < -0.4 is 5.32 Å². The molecule has 1 aromatic heterocycles. The molecule has 4 heteroatoms. The highest BCUT2D eigenvalue weighted by Gasteiger charge is 2.28. The molecule has 3 nitrogen and oxygen atoms in total. The number of aryl methyl sites for hydroxylation is 1. The summed E-state index contributed by atoms with van der Waals surface area (Å²) in [6, 6.07) is 0. The predicted octanol–water partition coefficient (Wildman–Crippen LogP) is 1.57. The van der Waals surface area contributed by atoms with Crippen molar-refractivity contribution in [3.63, 3.8) is 0 Å². The number of rotatable bonds is 6. The van der Waals surface area contributed by atoms with Crippen molar-refractivity contribution in [3.8, 4) is 0 Å². The Morgan fingerprint density at radius 2 is 2.47 bits per heavy atom. The highest BCUT2D eigenvalue weighted by Crippen LogP contribution is 2.35. The first-order chi connectivity index (χ1) is 7.25. The lowest BCUT2D eigenvalue weighted by atomic mass is 10.2. The summed E-state index contributed by atoms with van der Waals surface area (Å²) < 4.78 is 1.84. The molecule has 0 bridgehead atoms. The van der Waals surface area contributed by atoms with Gasteiger partial charge in [-0.2, -0.15) is 5.10 Å². The fraction of sp³-hybridized carbons (Fsp3) is 0.727. The maximum atomic E-state index is 6.19. The Morgan fingerprint density at radius 3 is 3.07 bits per heavy atom. The Labute approximate surface area is 95.8 Å². The maximum absolute atomic E-state index is 6.19. The molecule has 1 saturated carbocycles. The van der Waals surface area contributed by atoms with Gasteiger partial charge in [-0.25, -0.2) is 0 Å². The molecule has 1 N–H and O–H groups in total. The van der Waals surface area contributed by atoms with Gasteiger partial charge < -0.3 is 5.32 Å². The number of hydrogen-bond donors (Lipinski definition) is 1. The summed E-state index contributed by atoms with van der Waals surface area (Å²) >= 11 is 6.19. The summed E-state index contributed by atoms with van der Waals surface area (Å²) in [6.07, 6.45) is 7.64. The van der Waals surface area contributed by atoms with E-state index in [1.165, 1.54) is 18.4 Å². The van der Waals surface area contributed by atoms with Crippen LogP contribution in [-0.2, 0) is 13.5 Å². The van der Waals surface area contributed by atoms with Crippen molar-refractivity contribution in [2.75, 3.05) is 13.1 Å². The molecule has 15 heavy (non-hydrogen) atoms. The van der Waals surface area contributed by atoms with Crippen LogP contribution in [0.2, 0.25) is 0 Å². The lowest BCUT2D eigenvalue weighted by Crippen LogP contribution is -2.26. The molecule has 1 aliphatic carbocycles. The van der Waals surface area contributed by atoms with Crippen molar-refractivity contribution < 1.29 is 0 Å². The monoisotopic (exact) mass is 227 g/mol. The van der Waals surface area contributed by atoms with Crippen molar-refractivity contribution in [3.05, 3.63) is 18.0 Å². The van der Waals surface area contributed by atoms with Crippen molar-refractivity contribution in [2.24, 2.45) is 13.0 Å². The quantitative estimate of drug-likeness (QED) is 0.591. The van der Waals surface area contributed by atoms with Crippen LogP contribution in [0.25, 0.3) is 0 Å². The lowest BCUT2D eigenvalue weighted by molar-refractivity contribution is 0.620. The number of nitrogens with zero attached hydrogens (tertiary/aromatic N) is 2. The van der Waals surface area contributed by atoms with Gasteiger partial charge in [0.1, 0.15) is 0 Å². The van der Waals surface area contributed by atoms with E-state index in [0.717, 1.165) is 25.4 Å². The summed E-state index contributed by atoms with van der Waals surface area (Å²) in [5.41, 5.74) is 1.28. The number of halogens is 1. The SMILES string of the molecule is Cn1cc(CCNCC(Cl)C2CC2)cn1. The van der Waals surface area contributed by atoms with Gasteiger partial charge in [0.25, 0.3) is 0 Å². The first-order valence-electron chi connectivity index (χ1n) is 5.58. The molecule has 2 rings (SSSR count). The first kappa shape index (κ1) is 11.0. The molecule has 1 unspecified atom stereocenters. The third kappa shape index (κ3) is 3.50. The number of hydrogen-bond acceptors (Lipinski definition) is 2. The zero-order chi connectivity index (χ0) is 10.7. The molecular weight excluding hydrogens is 210 g/mol. The van der Waals surface area contributed by atoms with E-state index >= 15 is 0 Å². The Bertz CT molecular complexity index is 307. The van der Waals surface area contributed by atoms with E-state index in [-0.39, 0.29) is 0 Å². The molecule has 1 atom stereocenters. The van der Waals surface area contributed by atoms with Gasteiger partial charge in [0.15, 0.2) is 0 Å². The van der Waals surface area contributed by atoms with Gasteiger partial charge >= 0.3 is 0 Å². The zero-order valence-electron chi connectivity index (χ0n) is 9.12. The van der Waals surface area contributed by atoms with Gasteiger partial charge in [0.05, 0.1) is 6.20 Å². The summed E-state index contributed by atoms with van der Waals surface area (Å²) in [4.78, 5) is 0. The van der Waals surface area contributed by atoms with E-state index in [1.54, 1.807) is 0 Å². The van der Waals surface area contributed by atoms with Crippen LogP contribution in [0, 0.1) is 5.92 Å². The molecule has 1 heterocycles. The second kappa shape index (κ2) is 4.99. The number of nitrogens with one attached hydrogen (secondary N) is 1. The number of alkyl halides is 1. The Balaban J connectivity index is 1.58. The van der Waals surface area contributed by atoms with Gasteiger partial charge in [-0.15, -0.1) is 11.6 Å². The second-order valence-electron chi connectivity index (χ2n) is 4.33. The van der Waals surface area contributed by atoms with E-state index in [0.29, 0.717) is 5.38 Å². The summed E-state index contributed by atoms with van der Waals surface area (Å²) in [5.74, 6) is 0.776. The molecular formula is C11H18ClN3. The van der Waals surface area contributed by atoms with E-state index < -0.39 is 0 Å². The van der Waals surface area contributed by atoms with Crippen LogP contribution in [0.3, 0.4) is 0 Å². The molecule has 0 spiro atoms. The molecule has 1 aromatic rings. The smallest absolute Gasteiger partial charge is 0.0522 e. The number of aromatic nitrogens is 2. The van der Waals surface area contributed by atoms with Crippen molar-refractivity contribution in [2.45, 2.75) is 24.6 Å². The minimum absolute atomic E-state index is 0.332. The van der Waals surface area contributed by atoms with E-state index in [1.807, 2.05) is 17.9 Å². The van der Waals surface area contributed by atoms with E-state index in [2.05, 4.69) is 16.6 Å². The minimum atomic E-state index is 0.332. The van der Waals surface area contributed by atoms with Gasteiger partial charge in [-0.1, -0.05) is 0 Å². The maximum Gasteiger partial charge on any atom is 0.0522 e. The van der Waals surface area contributed by atoms with Gasteiger partial charge in [-0.05, 0) is 37.3 Å². The van der Waals surface area contributed by atoms with Crippen LogP contribution in [0.5, 0.6) is 0 Å². The molecule has 1 fully saturated rings. The van der Waals surface area contributed by atoms with Gasteiger partial charge in [-0.3, -0.25) is 4.68 Å². The van der Waals surface area contributed by atoms with Crippen molar-refractivity contribution in [1.82, 2.24) is 15.1 Å². The molecule has 0 amide bonds. The summed E-state index contributed by atoms with van der Waals surface area (Å²) in [7, 11) is 1.94. The fourth-order valence-electron chi connectivity index (χ4n) is 1.70. The van der Waals surface area contributed by atoms with Crippen LogP contribution in [0.15, 0.2) is 12.4 Å². The molecule has 1 aliphatic rings. The third-order valence-electron chi connectivity index (χ3n) is 2.82. The van der Waals surface area contributed by atoms with Crippen LogP contribution in [0.4, 0.5) is 0 Å². The highest BCUT2D eigenvalue weighted by atomic mass is 35.5. The molecule has 0 aromatic carbocycles. The minimum Gasteiger partial charge on any atom is -0.315 e. The molecule has 0 saturated heterocycles. The Hall–Kier alpha value is -0.540. The van der Waals surface area contributed by atoms with Gasteiger partial charge in [0, 0.05) is 25.2 Å².